The molecule has 0 saturated carbocycles. The third kappa shape index (κ3) is 1.87. The van der Waals surface area contributed by atoms with E-state index in [0.29, 0.717) is 9.52 Å². The summed E-state index contributed by atoms with van der Waals surface area (Å²) < 4.78 is 0. The molecular formula is C29H18Si. The first kappa shape index (κ1) is 16.4. The van der Waals surface area contributed by atoms with Crippen molar-refractivity contribution in [1.82, 2.24) is 0 Å². The fourth-order valence-corrected chi connectivity index (χ4v) is 7.24. The Hall–Kier alpha value is -3.42. The molecule has 5 aromatic rings. The van der Waals surface area contributed by atoms with E-state index >= 15 is 0 Å². The average Bonchev–Trinajstić information content (AvgIpc) is 2.82. The molecule has 1 aliphatic heterocycles. The molecule has 0 bridgehead atoms. The maximum atomic E-state index is 2.36. The highest BCUT2D eigenvalue weighted by Crippen LogP contribution is 2.54. The minimum absolute atomic E-state index is 0.275. The van der Waals surface area contributed by atoms with E-state index in [4.69, 9.17) is 0 Å². The summed E-state index contributed by atoms with van der Waals surface area (Å²) in [6.07, 6.45) is 0. The maximum absolute atomic E-state index is 2.36. The largest absolute Gasteiger partial charge is 0.122 e. The summed E-state index contributed by atoms with van der Waals surface area (Å²) in [5.74, 6) is 0. The van der Waals surface area contributed by atoms with Crippen molar-refractivity contribution in [2.45, 2.75) is 5.41 Å². The zero-order chi connectivity index (χ0) is 19.7. The summed E-state index contributed by atoms with van der Waals surface area (Å²) in [5.41, 5.74) is 8.14. The Morgan fingerprint density at radius 3 is 1.70 bits per heavy atom. The summed E-state index contributed by atoms with van der Waals surface area (Å²) >= 11 is 0. The van der Waals surface area contributed by atoms with Gasteiger partial charge in [0.05, 0.1) is 5.41 Å². The van der Waals surface area contributed by atoms with E-state index in [2.05, 4.69) is 109 Å². The molecule has 0 fully saturated rings. The first-order valence-corrected chi connectivity index (χ1v) is 11.5. The summed E-state index contributed by atoms with van der Waals surface area (Å²) in [7, 11) is 0.693. The SMILES string of the molecule is c1ccc2c(c1)[Si]c1ccccc1C21c2ccccc2-c2cccc3cccc1c23. The molecule has 0 aromatic heterocycles. The Labute approximate surface area is 178 Å². The van der Waals surface area contributed by atoms with E-state index in [-0.39, 0.29) is 5.41 Å². The Bertz CT molecular complexity index is 1430. The van der Waals surface area contributed by atoms with Gasteiger partial charge < -0.3 is 0 Å². The Balaban J connectivity index is 1.79. The second-order valence-electron chi connectivity index (χ2n) is 8.22. The van der Waals surface area contributed by atoms with Crippen LogP contribution in [-0.2, 0) is 5.41 Å². The molecule has 5 aromatic carbocycles. The van der Waals surface area contributed by atoms with Crippen molar-refractivity contribution < 1.29 is 0 Å². The summed E-state index contributed by atoms with van der Waals surface area (Å²) in [6.45, 7) is 0. The molecule has 2 radical (unpaired) electrons. The zero-order valence-corrected chi connectivity index (χ0v) is 17.4. The van der Waals surface area contributed by atoms with Gasteiger partial charge in [-0.15, -0.1) is 0 Å². The lowest BCUT2D eigenvalue weighted by Gasteiger charge is -2.46. The number of hydrogen-bond acceptors (Lipinski definition) is 0. The van der Waals surface area contributed by atoms with Crippen molar-refractivity contribution >= 4 is 30.7 Å². The molecule has 0 saturated heterocycles. The highest BCUT2D eigenvalue weighted by Gasteiger charge is 2.47. The highest BCUT2D eigenvalue weighted by atomic mass is 28.2. The molecule has 0 N–H and O–H groups in total. The Kier molecular flexibility index (Phi) is 3.17. The standard InChI is InChI=1S/C29H18Si/c1-2-13-22-20(11-1)21-12-7-9-19-10-8-16-25(28(19)21)29(22)23-14-3-5-17-26(23)30-27-18-6-4-15-24(27)29/h1-18H. The molecule has 1 heterocycles. The molecule has 0 atom stereocenters. The molecule has 0 amide bonds. The zero-order valence-electron chi connectivity index (χ0n) is 16.4. The van der Waals surface area contributed by atoms with Gasteiger partial charge in [0.25, 0.3) is 0 Å². The molecule has 0 nitrogen and oxygen atoms in total. The molecule has 30 heavy (non-hydrogen) atoms. The predicted molar refractivity (Wildman–Crippen MR) is 126 cm³/mol. The molecule has 2 aliphatic rings. The number of hydrogen-bond donors (Lipinski definition) is 0. The Morgan fingerprint density at radius 1 is 0.433 bits per heavy atom. The van der Waals surface area contributed by atoms with Crippen molar-refractivity contribution in [2.75, 3.05) is 0 Å². The second-order valence-corrected chi connectivity index (χ2v) is 9.55. The number of fused-ring (bicyclic) bond motifs is 8. The van der Waals surface area contributed by atoms with E-state index in [0.717, 1.165) is 0 Å². The van der Waals surface area contributed by atoms with Crippen molar-refractivity contribution in [3.05, 3.63) is 131 Å². The average molecular weight is 395 g/mol. The van der Waals surface area contributed by atoms with Gasteiger partial charge in [-0.25, -0.2) is 0 Å². The van der Waals surface area contributed by atoms with Crippen molar-refractivity contribution in [3.8, 4) is 11.1 Å². The van der Waals surface area contributed by atoms with Gasteiger partial charge in [-0.3, -0.25) is 0 Å². The first-order valence-electron chi connectivity index (χ1n) is 10.5. The first-order chi connectivity index (χ1) is 14.9. The van der Waals surface area contributed by atoms with Crippen molar-refractivity contribution in [2.24, 2.45) is 0 Å². The van der Waals surface area contributed by atoms with E-state index in [9.17, 15) is 0 Å². The third-order valence-corrected chi connectivity index (χ3v) is 8.27. The lowest BCUT2D eigenvalue weighted by atomic mass is 9.59. The summed E-state index contributed by atoms with van der Waals surface area (Å²) in [5, 5.41) is 5.64. The van der Waals surface area contributed by atoms with Crippen LogP contribution in [0.25, 0.3) is 21.9 Å². The van der Waals surface area contributed by atoms with Crippen molar-refractivity contribution in [1.29, 1.82) is 0 Å². The predicted octanol–water partition coefficient (Wildman–Crippen LogP) is 5.17. The van der Waals surface area contributed by atoms with Gasteiger partial charge in [-0.05, 0) is 44.2 Å². The monoisotopic (exact) mass is 394 g/mol. The van der Waals surface area contributed by atoms with Crippen molar-refractivity contribution in [3.63, 3.8) is 0 Å². The third-order valence-electron chi connectivity index (χ3n) is 6.86. The number of rotatable bonds is 0. The molecule has 1 aliphatic carbocycles. The van der Waals surface area contributed by atoms with Gasteiger partial charge in [0.2, 0.25) is 0 Å². The van der Waals surface area contributed by atoms with Crippen LogP contribution in [0, 0.1) is 0 Å². The van der Waals surface area contributed by atoms with Gasteiger partial charge in [0.1, 0.15) is 9.52 Å². The fraction of sp³-hybridized carbons (Fsp3) is 0.0345. The van der Waals surface area contributed by atoms with Crippen LogP contribution >= 0.6 is 0 Å². The molecule has 138 valence electrons. The molecule has 0 unspecified atom stereocenters. The van der Waals surface area contributed by atoms with Crippen LogP contribution in [0.2, 0.25) is 0 Å². The molecular weight excluding hydrogens is 376 g/mol. The highest BCUT2D eigenvalue weighted by molar-refractivity contribution is 6.69. The minimum atomic E-state index is -0.275. The second kappa shape index (κ2) is 5.81. The molecule has 7 rings (SSSR count). The molecule has 1 spiro atoms. The van der Waals surface area contributed by atoms with Gasteiger partial charge in [0, 0.05) is 0 Å². The minimum Gasteiger partial charge on any atom is -0.0628 e. The number of benzene rings is 5. The van der Waals surface area contributed by atoms with Crippen LogP contribution in [0.1, 0.15) is 22.3 Å². The topological polar surface area (TPSA) is 0 Å². The summed E-state index contributed by atoms with van der Waals surface area (Å²) in [4.78, 5) is 0. The lowest BCUT2D eigenvalue weighted by Crippen LogP contribution is -2.50. The lowest BCUT2D eigenvalue weighted by molar-refractivity contribution is 0.756. The van der Waals surface area contributed by atoms with E-state index < -0.39 is 0 Å². The Morgan fingerprint density at radius 2 is 0.967 bits per heavy atom. The van der Waals surface area contributed by atoms with Crippen LogP contribution < -0.4 is 10.4 Å². The van der Waals surface area contributed by atoms with Crippen LogP contribution in [-0.4, -0.2) is 9.52 Å². The smallest absolute Gasteiger partial charge is 0.0628 e. The van der Waals surface area contributed by atoms with E-state index in [1.807, 2.05) is 0 Å². The molecule has 1 heteroatoms. The van der Waals surface area contributed by atoms with Gasteiger partial charge in [0.15, 0.2) is 0 Å². The maximum Gasteiger partial charge on any atom is 0.122 e. The van der Waals surface area contributed by atoms with Crippen LogP contribution in [0.5, 0.6) is 0 Å². The van der Waals surface area contributed by atoms with Gasteiger partial charge in [-0.2, -0.15) is 0 Å². The van der Waals surface area contributed by atoms with E-state index in [1.54, 1.807) is 0 Å². The normalized spacial score (nSPS) is 14.8. The van der Waals surface area contributed by atoms with Crippen LogP contribution in [0.4, 0.5) is 0 Å². The van der Waals surface area contributed by atoms with Gasteiger partial charge in [-0.1, -0.05) is 120 Å². The summed E-state index contributed by atoms with van der Waals surface area (Å²) in [6, 6.07) is 40.8. The van der Waals surface area contributed by atoms with Crippen LogP contribution in [0.3, 0.4) is 0 Å². The quantitative estimate of drug-likeness (QED) is 0.311. The van der Waals surface area contributed by atoms with Crippen LogP contribution in [0.15, 0.2) is 109 Å². The van der Waals surface area contributed by atoms with E-state index in [1.165, 1.54) is 54.5 Å². The fourth-order valence-electron chi connectivity index (χ4n) is 5.78. The van der Waals surface area contributed by atoms with Gasteiger partial charge >= 0.3 is 0 Å².